The molecule has 1 heterocycles. The van der Waals surface area contributed by atoms with Crippen LogP contribution in [0.2, 0.25) is 0 Å². The Balaban J connectivity index is 0.00000324. The van der Waals surface area contributed by atoms with Crippen molar-refractivity contribution in [3.63, 3.8) is 0 Å². The van der Waals surface area contributed by atoms with Gasteiger partial charge in [-0.25, -0.2) is 0 Å². The number of hydrogen-bond acceptors (Lipinski definition) is 3. The van der Waals surface area contributed by atoms with Crippen LogP contribution >= 0.6 is 0 Å². The predicted octanol–water partition coefficient (Wildman–Crippen LogP) is 4.40. The number of unbranched alkanes of at least 4 members (excludes halogenated alkanes) is 9. The lowest BCUT2D eigenvalue weighted by molar-refractivity contribution is 0.0371. The fourth-order valence-electron chi connectivity index (χ4n) is 2.65. The second kappa shape index (κ2) is 14.3. The zero-order valence-corrected chi connectivity index (χ0v) is 13.2. The smallest absolute Gasteiger partial charge is 0.0594 e. The molecule has 0 radical (unpaired) electrons. The molecule has 1 aliphatic rings. The van der Waals surface area contributed by atoms with Crippen LogP contribution in [0.1, 0.15) is 71.1 Å². The second-order valence-corrected chi connectivity index (χ2v) is 5.64. The van der Waals surface area contributed by atoms with E-state index < -0.39 is 0 Å². The molecule has 1 fully saturated rings. The first-order chi connectivity index (χ1) is 8.93. The number of morpholine rings is 1. The van der Waals surface area contributed by atoms with Gasteiger partial charge in [0.25, 0.3) is 0 Å². The summed E-state index contributed by atoms with van der Waals surface area (Å²) in [5.41, 5.74) is 0. The van der Waals surface area contributed by atoms with Crippen molar-refractivity contribution in [3.8, 4) is 0 Å². The average Bonchev–Trinajstić information content (AvgIpc) is 2.42. The highest BCUT2D eigenvalue weighted by molar-refractivity contribution is 4.61. The summed E-state index contributed by atoms with van der Waals surface area (Å²) in [5.74, 6) is 0. The summed E-state index contributed by atoms with van der Waals surface area (Å²) >= 11 is 0. The summed E-state index contributed by atoms with van der Waals surface area (Å²) in [6.07, 6.45) is 14.3. The molecule has 3 nitrogen and oxygen atoms in total. The van der Waals surface area contributed by atoms with Crippen molar-refractivity contribution in [1.82, 2.24) is 11.1 Å². The van der Waals surface area contributed by atoms with Gasteiger partial charge in [0.2, 0.25) is 0 Å². The third-order valence-electron chi connectivity index (χ3n) is 3.93. The van der Waals surface area contributed by atoms with Gasteiger partial charge in [0.15, 0.2) is 0 Å². The maximum atomic E-state index is 5.36. The van der Waals surface area contributed by atoms with Crippen LogP contribution in [0, 0.1) is 0 Å². The van der Waals surface area contributed by atoms with E-state index in [2.05, 4.69) is 11.8 Å². The summed E-state index contributed by atoms with van der Waals surface area (Å²) in [6.45, 7) is 7.76. The van der Waals surface area contributed by atoms with Crippen molar-refractivity contribution < 1.29 is 4.74 Å². The molecule has 0 atom stereocenters. The third kappa shape index (κ3) is 11.4. The molecule has 3 N–H and O–H groups in total. The van der Waals surface area contributed by atoms with Crippen molar-refractivity contribution in [2.24, 2.45) is 0 Å². The molecule has 0 bridgehead atoms. The lowest BCUT2D eigenvalue weighted by Crippen LogP contribution is -2.36. The van der Waals surface area contributed by atoms with Crippen molar-refractivity contribution >= 4 is 0 Å². The Morgan fingerprint density at radius 1 is 0.737 bits per heavy atom. The molecule has 1 saturated heterocycles. The van der Waals surface area contributed by atoms with Crippen LogP contribution in [0.4, 0.5) is 0 Å². The van der Waals surface area contributed by atoms with E-state index in [-0.39, 0.29) is 6.15 Å². The highest BCUT2D eigenvalue weighted by atomic mass is 16.5. The minimum Gasteiger partial charge on any atom is -0.379 e. The molecule has 0 aliphatic carbocycles. The van der Waals surface area contributed by atoms with Crippen molar-refractivity contribution in [1.29, 1.82) is 0 Å². The Kier molecular flexibility index (Phi) is 14.2. The zero-order valence-electron chi connectivity index (χ0n) is 13.2. The maximum Gasteiger partial charge on any atom is 0.0594 e. The molecular weight excluding hydrogens is 236 g/mol. The van der Waals surface area contributed by atoms with Gasteiger partial charge >= 0.3 is 0 Å². The highest BCUT2D eigenvalue weighted by Gasteiger charge is 2.08. The average molecular weight is 272 g/mol. The molecule has 19 heavy (non-hydrogen) atoms. The third-order valence-corrected chi connectivity index (χ3v) is 3.93. The van der Waals surface area contributed by atoms with Crippen LogP contribution in [0.15, 0.2) is 0 Å². The molecule has 1 rings (SSSR count). The summed E-state index contributed by atoms with van der Waals surface area (Å²) in [5, 5.41) is 0. The fourth-order valence-corrected chi connectivity index (χ4v) is 2.65. The minimum absolute atomic E-state index is 0. The lowest BCUT2D eigenvalue weighted by Gasteiger charge is -2.26. The molecule has 116 valence electrons. The van der Waals surface area contributed by atoms with Gasteiger partial charge in [-0.1, -0.05) is 64.7 Å². The molecule has 0 saturated carbocycles. The summed E-state index contributed by atoms with van der Waals surface area (Å²) in [6, 6.07) is 0. The van der Waals surface area contributed by atoms with Gasteiger partial charge in [-0.05, 0) is 13.0 Å². The molecule has 0 spiro atoms. The molecule has 0 unspecified atom stereocenters. The van der Waals surface area contributed by atoms with Crippen molar-refractivity contribution in [2.45, 2.75) is 71.1 Å². The normalized spacial score (nSPS) is 16.3. The van der Waals surface area contributed by atoms with Gasteiger partial charge in [0.05, 0.1) is 13.2 Å². The number of hydrogen-bond donors (Lipinski definition) is 1. The van der Waals surface area contributed by atoms with Crippen LogP contribution in [0.3, 0.4) is 0 Å². The second-order valence-electron chi connectivity index (χ2n) is 5.64. The summed E-state index contributed by atoms with van der Waals surface area (Å²) in [7, 11) is 0. The number of ether oxygens (including phenoxy) is 1. The van der Waals surface area contributed by atoms with E-state index in [9.17, 15) is 0 Å². The first-order valence-corrected chi connectivity index (χ1v) is 8.23. The van der Waals surface area contributed by atoms with Crippen LogP contribution < -0.4 is 6.15 Å². The van der Waals surface area contributed by atoms with Crippen molar-refractivity contribution in [2.75, 3.05) is 32.8 Å². The van der Waals surface area contributed by atoms with E-state index in [1.165, 1.54) is 70.8 Å². The highest BCUT2D eigenvalue weighted by Crippen LogP contribution is 2.11. The van der Waals surface area contributed by atoms with E-state index in [0.29, 0.717) is 0 Å². The Hall–Kier alpha value is -0.120. The minimum atomic E-state index is 0. The van der Waals surface area contributed by atoms with Gasteiger partial charge in [0.1, 0.15) is 0 Å². The molecule has 0 aromatic rings. The van der Waals surface area contributed by atoms with Gasteiger partial charge in [-0.15, -0.1) is 0 Å². The van der Waals surface area contributed by atoms with Gasteiger partial charge in [-0.2, -0.15) is 0 Å². The van der Waals surface area contributed by atoms with E-state index in [1.54, 1.807) is 0 Å². The van der Waals surface area contributed by atoms with Gasteiger partial charge < -0.3 is 10.9 Å². The van der Waals surface area contributed by atoms with Crippen molar-refractivity contribution in [3.05, 3.63) is 0 Å². The first kappa shape index (κ1) is 18.9. The van der Waals surface area contributed by atoms with Crippen LogP contribution in [-0.4, -0.2) is 37.7 Å². The number of rotatable bonds is 11. The Labute approximate surface area is 120 Å². The Morgan fingerprint density at radius 3 is 1.74 bits per heavy atom. The largest absolute Gasteiger partial charge is 0.379 e. The Bertz CT molecular complexity index is 170. The number of nitrogens with zero attached hydrogens (tertiary/aromatic N) is 1. The fraction of sp³-hybridized carbons (Fsp3) is 1.00. The van der Waals surface area contributed by atoms with E-state index in [4.69, 9.17) is 4.74 Å². The summed E-state index contributed by atoms with van der Waals surface area (Å²) in [4.78, 5) is 2.55. The maximum absolute atomic E-state index is 5.36. The van der Waals surface area contributed by atoms with E-state index >= 15 is 0 Å². The zero-order chi connectivity index (χ0) is 12.9. The molecular formula is C16H36N2O. The quantitative estimate of drug-likeness (QED) is 0.567. The van der Waals surface area contributed by atoms with E-state index in [1.807, 2.05) is 0 Å². The van der Waals surface area contributed by atoms with Crippen LogP contribution in [-0.2, 0) is 4.74 Å². The molecule has 1 aliphatic heterocycles. The van der Waals surface area contributed by atoms with Gasteiger partial charge in [0, 0.05) is 13.1 Å². The molecule has 0 aromatic heterocycles. The molecule has 3 heteroatoms. The molecule has 0 aromatic carbocycles. The monoisotopic (exact) mass is 272 g/mol. The topological polar surface area (TPSA) is 47.5 Å². The Morgan fingerprint density at radius 2 is 1.21 bits per heavy atom. The summed E-state index contributed by atoms with van der Waals surface area (Å²) < 4.78 is 5.36. The van der Waals surface area contributed by atoms with Crippen LogP contribution in [0.25, 0.3) is 0 Å². The lowest BCUT2D eigenvalue weighted by atomic mass is 10.1. The standard InChI is InChI=1S/C16H33NO.H3N/c1-2-3-4-5-6-7-8-9-10-11-12-17-13-15-18-16-14-17;/h2-16H2,1H3;1H3. The van der Waals surface area contributed by atoms with Crippen LogP contribution in [0.5, 0.6) is 0 Å². The predicted molar refractivity (Wildman–Crippen MR) is 84.1 cm³/mol. The molecule has 0 amide bonds. The van der Waals surface area contributed by atoms with E-state index in [0.717, 1.165) is 26.3 Å². The van der Waals surface area contributed by atoms with Gasteiger partial charge in [-0.3, -0.25) is 4.90 Å². The first-order valence-electron chi connectivity index (χ1n) is 8.23. The SMILES string of the molecule is CCCCCCCCCCCCN1CCOCC1.N.